The Kier molecular flexibility index (Phi) is 8.13. The van der Waals surface area contributed by atoms with Gasteiger partial charge in [0.15, 0.2) is 0 Å². The molecule has 234 valence electrons. The van der Waals surface area contributed by atoms with Gasteiger partial charge in [-0.05, 0) is 72.5 Å². The third kappa shape index (κ3) is 6.18. The first kappa shape index (κ1) is 29.5. The minimum Gasteiger partial charge on any atom is -0.369 e. The van der Waals surface area contributed by atoms with Crippen molar-refractivity contribution in [3.8, 4) is 0 Å². The summed E-state index contributed by atoms with van der Waals surface area (Å²) >= 11 is 0. The van der Waals surface area contributed by atoms with Crippen molar-refractivity contribution in [2.24, 2.45) is 5.92 Å². The SMILES string of the molecule is O=C(/C=C/c1ccccc1)Nc1cc(C(=O)N2CCN(c3ccc(F)cc3)CC2)ccc1N1CC2CC(C1)c1cccc(=O)n1C2. The second-order valence-corrected chi connectivity index (χ2v) is 12.3. The summed E-state index contributed by atoms with van der Waals surface area (Å²) in [5, 5.41) is 3.07. The molecule has 3 aliphatic rings. The van der Waals surface area contributed by atoms with Crippen molar-refractivity contribution in [2.45, 2.75) is 18.9 Å². The van der Waals surface area contributed by atoms with E-state index in [-0.39, 0.29) is 29.1 Å². The molecule has 1 aromatic heterocycles. The number of piperidine rings is 1. The molecule has 46 heavy (non-hydrogen) atoms. The Bertz CT molecular complexity index is 1830. The minimum absolute atomic E-state index is 0.0418. The number of rotatable bonds is 6. The van der Waals surface area contributed by atoms with Gasteiger partial charge in [-0.25, -0.2) is 4.39 Å². The van der Waals surface area contributed by atoms with Crippen molar-refractivity contribution in [1.29, 1.82) is 0 Å². The number of piperazine rings is 1. The molecule has 3 aromatic carbocycles. The Hall–Kier alpha value is -5.18. The molecule has 4 heterocycles. The van der Waals surface area contributed by atoms with Crippen LogP contribution in [0.3, 0.4) is 0 Å². The van der Waals surface area contributed by atoms with Gasteiger partial charge in [0.1, 0.15) is 5.82 Å². The zero-order valence-corrected chi connectivity index (χ0v) is 25.5. The first-order chi connectivity index (χ1) is 22.4. The van der Waals surface area contributed by atoms with E-state index in [0.717, 1.165) is 35.6 Å². The molecule has 9 heteroatoms. The molecule has 0 radical (unpaired) electrons. The van der Waals surface area contributed by atoms with Crippen molar-refractivity contribution in [1.82, 2.24) is 9.47 Å². The maximum atomic E-state index is 13.7. The van der Waals surface area contributed by atoms with E-state index >= 15 is 0 Å². The third-order valence-electron chi connectivity index (χ3n) is 9.31. The van der Waals surface area contributed by atoms with E-state index in [4.69, 9.17) is 0 Å². The van der Waals surface area contributed by atoms with Crippen molar-refractivity contribution >= 4 is 35.0 Å². The average molecular weight is 618 g/mol. The Morgan fingerprint density at radius 2 is 1.59 bits per heavy atom. The van der Waals surface area contributed by atoms with Crippen LogP contribution in [0.2, 0.25) is 0 Å². The lowest BCUT2D eigenvalue weighted by Crippen LogP contribution is -2.49. The first-order valence-electron chi connectivity index (χ1n) is 15.8. The highest BCUT2D eigenvalue weighted by molar-refractivity contribution is 6.05. The summed E-state index contributed by atoms with van der Waals surface area (Å²) in [4.78, 5) is 45.8. The third-order valence-corrected chi connectivity index (χ3v) is 9.31. The largest absolute Gasteiger partial charge is 0.369 e. The highest BCUT2D eigenvalue weighted by atomic mass is 19.1. The van der Waals surface area contributed by atoms with E-state index in [9.17, 15) is 18.8 Å². The smallest absolute Gasteiger partial charge is 0.254 e. The lowest BCUT2D eigenvalue weighted by molar-refractivity contribution is -0.111. The summed E-state index contributed by atoms with van der Waals surface area (Å²) in [6, 6.07) is 27.1. The van der Waals surface area contributed by atoms with Gasteiger partial charge in [0.25, 0.3) is 11.5 Å². The lowest BCUT2D eigenvalue weighted by Gasteiger charge is -2.44. The number of carbonyl (C=O) groups is 2. The highest BCUT2D eigenvalue weighted by Crippen LogP contribution is 2.39. The molecule has 0 saturated carbocycles. The number of hydrogen-bond donors (Lipinski definition) is 1. The number of pyridine rings is 1. The van der Waals surface area contributed by atoms with Crippen LogP contribution in [-0.2, 0) is 11.3 Å². The molecule has 3 aliphatic heterocycles. The minimum atomic E-state index is -0.281. The molecule has 1 N–H and O–H groups in total. The number of hydrogen-bond acceptors (Lipinski definition) is 5. The molecule has 2 saturated heterocycles. The number of anilines is 3. The number of halogens is 1. The Labute approximate surface area is 267 Å². The molecular formula is C37H36FN5O3. The van der Waals surface area contributed by atoms with Gasteiger partial charge < -0.3 is 24.6 Å². The molecule has 0 aliphatic carbocycles. The van der Waals surface area contributed by atoms with E-state index in [0.29, 0.717) is 56.4 Å². The molecule has 7 rings (SSSR count). The normalized spacial score (nSPS) is 19.2. The zero-order chi connectivity index (χ0) is 31.6. The van der Waals surface area contributed by atoms with Crippen LogP contribution < -0.4 is 20.7 Å². The quantitative estimate of drug-likeness (QED) is 0.300. The van der Waals surface area contributed by atoms with Gasteiger partial charge in [-0.3, -0.25) is 14.4 Å². The average Bonchev–Trinajstić information content (AvgIpc) is 3.08. The summed E-state index contributed by atoms with van der Waals surface area (Å²) in [5.74, 6) is -0.151. The van der Waals surface area contributed by atoms with E-state index < -0.39 is 0 Å². The number of fused-ring (bicyclic) bond motifs is 4. The highest BCUT2D eigenvalue weighted by Gasteiger charge is 2.35. The standard InChI is InChI=1S/C37H36FN5O3/c38-30-11-13-31(14-12-30)40-17-19-41(20-18-40)37(46)28-10-15-34(32(22-28)39-35(44)16-9-26-5-2-1-3-6-26)42-23-27-21-29(25-42)33-7-4-8-36(45)43(33)24-27/h1-16,22,27,29H,17-21,23-25H2,(H,39,44)/b16-9+. The van der Waals surface area contributed by atoms with Gasteiger partial charge in [-0.15, -0.1) is 0 Å². The number of benzene rings is 3. The second-order valence-electron chi connectivity index (χ2n) is 12.3. The van der Waals surface area contributed by atoms with Crippen LogP contribution in [0.4, 0.5) is 21.5 Å². The van der Waals surface area contributed by atoms with Gasteiger partial charge in [-0.1, -0.05) is 36.4 Å². The predicted octanol–water partition coefficient (Wildman–Crippen LogP) is 5.23. The first-order valence-corrected chi connectivity index (χ1v) is 15.8. The van der Waals surface area contributed by atoms with Crippen LogP contribution in [-0.4, -0.2) is 60.5 Å². The van der Waals surface area contributed by atoms with E-state index in [1.165, 1.54) is 18.2 Å². The molecule has 2 amide bonds. The molecule has 8 nitrogen and oxygen atoms in total. The van der Waals surface area contributed by atoms with Gasteiger partial charge in [0, 0.05) is 80.8 Å². The second kappa shape index (κ2) is 12.7. The van der Waals surface area contributed by atoms with Crippen LogP contribution >= 0.6 is 0 Å². The Balaban J connectivity index is 1.13. The van der Waals surface area contributed by atoms with Crippen molar-refractivity contribution in [3.63, 3.8) is 0 Å². The van der Waals surface area contributed by atoms with Gasteiger partial charge in [0.05, 0.1) is 11.4 Å². The van der Waals surface area contributed by atoms with Gasteiger partial charge in [0.2, 0.25) is 5.91 Å². The topological polar surface area (TPSA) is 77.9 Å². The van der Waals surface area contributed by atoms with Crippen molar-refractivity contribution < 1.29 is 14.0 Å². The number of aromatic nitrogens is 1. The molecule has 2 fully saturated rings. The fraction of sp³-hybridized carbons (Fsp3) is 0.270. The van der Waals surface area contributed by atoms with Crippen LogP contribution in [0.25, 0.3) is 6.08 Å². The molecule has 0 spiro atoms. The summed E-state index contributed by atoms with van der Waals surface area (Å²) in [6.45, 7) is 4.49. The van der Waals surface area contributed by atoms with Crippen LogP contribution in [0.1, 0.15) is 34.0 Å². The predicted molar refractivity (Wildman–Crippen MR) is 179 cm³/mol. The molecular weight excluding hydrogens is 581 g/mol. The van der Waals surface area contributed by atoms with Crippen LogP contribution in [0.5, 0.6) is 0 Å². The lowest BCUT2D eigenvalue weighted by atomic mass is 9.83. The summed E-state index contributed by atoms with van der Waals surface area (Å²) in [5.41, 5.74) is 4.90. The van der Waals surface area contributed by atoms with Gasteiger partial charge >= 0.3 is 0 Å². The van der Waals surface area contributed by atoms with Gasteiger partial charge in [-0.2, -0.15) is 0 Å². The molecule has 2 bridgehead atoms. The Morgan fingerprint density at radius 3 is 2.37 bits per heavy atom. The number of carbonyl (C=O) groups excluding carboxylic acids is 2. The van der Waals surface area contributed by atoms with Crippen LogP contribution in [0.15, 0.2) is 102 Å². The summed E-state index contributed by atoms with van der Waals surface area (Å²) < 4.78 is 15.3. The number of amides is 2. The molecule has 2 atom stereocenters. The van der Waals surface area contributed by atoms with Crippen LogP contribution in [0, 0.1) is 11.7 Å². The van der Waals surface area contributed by atoms with Crippen molar-refractivity contribution in [2.75, 3.05) is 54.4 Å². The molecule has 2 unspecified atom stereocenters. The van der Waals surface area contributed by atoms with E-state index in [1.807, 2.05) is 64.1 Å². The maximum Gasteiger partial charge on any atom is 0.254 e. The van der Waals surface area contributed by atoms with E-state index in [1.54, 1.807) is 30.3 Å². The number of nitrogens with one attached hydrogen (secondary N) is 1. The zero-order valence-electron chi connectivity index (χ0n) is 25.5. The van der Waals surface area contributed by atoms with E-state index in [2.05, 4.69) is 15.1 Å². The maximum absolute atomic E-state index is 13.7. The Morgan fingerprint density at radius 1 is 0.804 bits per heavy atom. The van der Waals surface area contributed by atoms with Crippen molar-refractivity contribution in [3.05, 3.63) is 130 Å². The molecule has 4 aromatic rings. The fourth-order valence-corrected chi connectivity index (χ4v) is 7.05. The fourth-order valence-electron chi connectivity index (χ4n) is 7.05. The summed E-state index contributed by atoms with van der Waals surface area (Å²) in [6.07, 6.45) is 4.29. The summed E-state index contributed by atoms with van der Waals surface area (Å²) in [7, 11) is 0. The monoisotopic (exact) mass is 617 g/mol. The number of nitrogens with zero attached hydrogens (tertiary/aromatic N) is 4.